The van der Waals surface area contributed by atoms with Gasteiger partial charge in [-0.05, 0) is 33.6 Å². The van der Waals surface area contributed by atoms with E-state index in [1.54, 1.807) is 6.07 Å². The maximum Gasteiger partial charge on any atom is 0.141 e. The first-order chi connectivity index (χ1) is 5.69. The molecular formula is C8H9BrFNO. The van der Waals surface area contributed by atoms with Gasteiger partial charge < -0.3 is 10.5 Å². The molecule has 0 aliphatic heterocycles. The van der Waals surface area contributed by atoms with Crippen molar-refractivity contribution < 1.29 is 9.13 Å². The molecule has 0 atom stereocenters. The molecule has 0 saturated heterocycles. The number of ether oxygens (including phenoxy) is 1. The lowest BCUT2D eigenvalue weighted by Gasteiger charge is -2.06. The van der Waals surface area contributed by atoms with Crippen LogP contribution in [0.4, 0.5) is 4.39 Å². The third-order valence-electron chi connectivity index (χ3n) is 1.51. The molecule has 0 saturated carbocycles. The summed E-state index contributed by atoms with van der Waals surface area (Å²) in [6.07, 6.45) is 0. The molecule has 12 heavy (non-hydrogen) atoms. The molecule has 0 bridgehead atoms. The van der Waals surface area contributed by atoms with Crippen LogP contribution in [0.2, 0.25) is 0 Å². The summed E-state index contributed by atoms with van der Waals surface area (Å²) in [5.74, 6) is 0.116. The van der Waals surface area contributed by atoms with Gasteiger partial charge in [-0.2, -0.15) is 0 Å². The molecule has 0 fully saturated rings. The van der Waals surface area contributed by atoms with Crippen molar-refractivity contribution in [2.75, 3.05) is 7.11 Å². The second-order valence-corrected chi connectivity index (χ2v) is 3.09. The minimum absolute atomic E-state index is 0.306. The molecule has 0 unspecified atom stereocenters. The van der Waals surface area contributed by atoms with Crippen LogP contribution in [-0.2, 0) is 6.54 Å². The van der Waals surface area contributed by atoms with Crippen molar-refractivity contribution in [3.8, 4) is 5.75 Å². The molecule has 0 aromatic heterocycles. The van der Waals surface area contributed by atoms with Crippen LogP contribution in [0.1, 0.15) is 5.56 Å². The summed E-state index contributed by atoms with van der Waals surface area (Å²) in [5.41, 5.74) is 6.07. The van der Waals surface area contributed by atoms with E-state index >= 15 is 0 Å². The number of hydrogen-bond acceptors (Lipinski definition) is 2. The van der Waals surface area contributed by atoms with Crippen LogP contribution in [0.25, 0.3) is 0 Å². The lowest BCUT2D eigenvalue weighted by molar-refractivity contribution is 0.407. The Balaban J connectivity index is 3.19. The number of hydrogen-bond donors (Lipinski definition) is 1. The monoisotopic (exact) mass is 233 g/mol. The Labute approximate surface area is 78.6 Å². The van der Waals surface area contributed by atoms with Gasteiger partial charge in [0.25, 0.3) is 0 Å². The van der Waals surface area contributed by atoms with E-state index in [1.807, 2.05) is 0 Å². The van der Waals surface area contributed by atoms with Crippen LogP contribution in [0.5, 0.6) is 5.75 Å². The lowest BCUT2D eigenvalue weighted by Crippen LogP contribution is -1.98. The Morgan fingerprint density at radius 1 is 1.58 bits per heavy atom. The zero-order valence-electron chi connectivity index (χ0n) is 6.60. The van der Waals surface area contributed by atoms with Crippen molar-refractivity contribution in [2.24, 2.45) is 5.73 Å². The topological polar surface area (TPSA) is 35.2 Å². The molecular weight excluding hydrogens is 225 g/mol. The van der Waals surface area contributed by atoms with Crippen molar-refractivity contribution in [2.45, 2.75) is 6.54 Å². The number of methoxy groups -OCH3 is 1. The average molecular weight is 234 g/mol. The van der Waals surface area contributed by atoms with Gasteiger partial charge in [-0.25, -0.2) is 4.39 Å². The zero-order valence-corrected chi connectivity index (χ0v) is 8.19. The summed E-state index contributed by atoms with van der Waals surface area (Å²) in [4.78, 5) is 0. The highest BCUT2D eigenvalue weighted by Gasteiger charge is 2.07. The second-order valence-electron chi connectivity index (χ2n) is 2.30. The van der Waals surface area contributed by atoms with Gasteiger partial charge in [0.05, 0.1) is 11.6 Å². The molecule has 0 spiro atoms. The molecule has 4 heteroatoms. The van der Waals surface area contributed by atoms with Gasteiger partial charge in [0.15, 0.2) is 0 Å². The third kappa shape index (κ3) is 1.76. The number of benzene rings is 1. The van der Waals surface area contributed by atoms with Crippen molar-refractivity contribution >= 4 is 15.9 Å². The van der Waals surface area contributed by atoms with E-state index in [4.69, 9.17) is 10.5 Å². The Morgan fingerprint density at radius 3 is 2.75 bits per heavy atom. The lowest BCUT2D eigenvalue weighted by atomic mass is 10.2. The summed E-state index contributed by atoms with van der Waals surface area (Å²) in [7, 11) is 1.49. The van der Waals surface area contributed by atoms with Crippen LogP contribution in [0.15, 0.2) is 16.6 Å². The Hall–Kier alpha value is -0.610. The van der Waals surface area contributed by atoms with E-state index in [0.29, 0.717) is 22.3 Å². The molecule has 0 radical (unpaired) electrons. The van der Waals surface area contributed by atoms with Gasteiger partial charge in [-0.3, -0.25) is 0 Å². The van der Waals surface area contributed by atoms with Gasteiger partial charge in [0.2, 0.25) is 0 Å². The van der Waals surface area contributed by atoms with Gasteiger partial charge in [0, 0.05) is 6.54 Å². The molecule has 0 aliphatic rings. The summed E-state index contributed by atoms with van der Waals surface area (Å²) in [6, 6.07) is 3.08. The normalized spacial score (nSPS) is 10.0. The first-order valence-electron chi connectivity index (χ1n) is 3.41. The Kier molecular flexibility index (Phi) is 3.05. The third-order valence-corrected chi connectivity index (χ3v) is 2.28. The zero-order chi connectivity index (χ0) is 9.14. The summed E-state index contributed by atoms with van der Waals surface area (Å²) >= 11 is 3.06. The standard InChI is InChI=1S/C8H9BrFNO/c1-12-7-3-5(4-11)2-6(10)8(7)9/h2-3H,4,11H2,1H3. The van der Waals surface area contributed by atoms with E-state index in [1.165, 1.54) is 13.2 Å². The van der Waals surface area contributed by atoms with Crippen molar-refractivity contribution in [1.82, 2.24) is 0 Å². The molecule has 0 heterocycles. The highest BCUT2D eigenvalue weighted by molar-refractivity contribution is 9.10. The van der Waals surface area contributed by atoms with E-state index in [2.05, 4.69) is 15.9 Å². The van der Waals surface area contributed by atoms with Gasteiger partial charge >= 0.3 is 0 Å². The summed E-state index contributed by atoms with van der Waals surface area (Å²) in [6.45, 7) is 0.306. The van der Waals surface area contributed by atoms with Gasteiger partial charge in [0.1, 0.15) is 11.6 Å². The summed E-state index contributed by atoms with van der Waals surface area (Å²) < 4.78 is 18.3. The highest BCUT2D eigenvalue weighted by Crippen LogP contribution is 2.28. The predicted octanol–water partition coefficient (Wildman–Crippen LogP) is 2.06. The van der Waals surface area contributed by atoms with Crippen molar-refractivity contribution in [1.29, 1.82) is 0 Å². The van der Waals surface area contributed by atoms with Gasteiger partial charge in [-0.1, -0.05) is 0 Å². The molecule has 66 valence electrons. The first kappa shape index (κ1) is 9.48. The molecule has 2 nitrogen and oxygen atoms in total. The molecule has 1 aromatic carbocycles. The van der Waals surface area contributed by atoms with E-state index < -0.39 is 0 Å². The average Bonchev–Trinajstić information content (AvgIpc) is 2.09. The highest BCUT2D eigenvalue weighted by atomic mass is 79.9. The van der Waals surface area contributed by atoms with Crippen LogP contribution in [0.3, 0.4) is 0 Å². The van der Waals surface area contributed by atoms with E-state index in [-0.39, 0.29) is 5.82 Å². The minimum atomic E-state index is -0.352. The summed E-state index contributed by atoms with van der Waals surface area (Å²) in [5, 5.41) is 0. The molecule has 1 aromatic rings. The fraction of sp³-hybridized carbons (Fsp3) is 0.250. The quantitative estimate of drug-likeness (QED) is 0.849. The Morgan fingerprint density at radius 2 is 2.25 bits per heavy atom. The van der Waals surface area contributed by atoms with E-state index in [0.717, 1.165) is 0 Å². The smallest absolute Gasteiger partial charge is 0.141 e. The fourth-order valence-corrected chi connectivity index (χ4v) is 1.27. The van der Waals surface area contributed by atoms with E-state index in [9.17, 15) is 4.39 Å². The molecule has 0 amide bonds. The first-order valence-corrected chi connectivity index (χ1v) is 4.20. The molecule has 2 N–H and O–H groups in total. The Bertz CT molecular complexity index is 291. The minimum Gasteiger partial charge on any atom is -0.495 e. The van der Waals surface area contributed by atoms with Crippen LogP contribution < -0.4 is 10.5 Å². The number of nitrogens with two attached hydrogens (primary N) is 1. The fourth-order valence-electron chi connectivity index (χ4n) is 0.884. The maximum absolute atomic E-state index is 13.0. The van der Waals surface area contributed by atoms with Crippen LogP contribution >= 0.6 is 15.9 Å². The van der Waals surface area contributed by atoms with Crippen molar-refractivity contribution in [3.05, 3.63) is 28.0 Å². The predicted molar refractivity (Wildman–Crippen MR) is 48.5 cm³/mol. The van der Waals surface area contributed by atoms with Crippen molar-refractivity contribution in [3.63, 3.8) is 0 Å². The van der Waals surface area contributed by atoms with Gasteiger partial charge in [-0.15, -0.1) is 0 Å². The number of rotatable bonds is 2. The second kappa shape index (κ2) is 3.87. The van der Waals surface area contributed by atoms with Crippen LogP contribution in [-0.4, -0.2) is 7.11 Å². The maximum atomic E-state index is 13.0. The van der Waals surface area contributed by atoms with Crippen LogP contribution in [0, 0.1) is 5.82 Å². The molecule has 0 aliphatic carbocycles. The SMILES string of the molecule is COc1cc(CN)cc(F)c1Br. The molecule has 1 rings (SSSR count). The largest absolute Gasteiger partial charge is 0.495 e. The number of halogens is 2.